The third kappa shape index (κ3) is 5.84. The summed E-state index contributed by atoms with van der Waals surface area (Å²) in [7, 11) is 0. The minimum absolute atomic E-state index is 0.0644. The molecule has 4 heteroatoms. The summed E-state index contributed by atoms with van der Waals surface area (Å²) in [5.41, 5.74) is 0. The monoisotopic (exact) mass is 257 g/mol. The van der Waals surface area contributed by atoms with Gasteiger partial charge in [0.05, 0.1) is 0 Å². The number of rotatable bonds is 2. The fourth-order valence-corrected chi connectivity index (χ4v) is 1.94. The smallest absolute Gasteiger partial charge is 0.348 e. The summed E-state index contributed by atoms with van der Waals surface area (Å²) in [5.74, 6) is -0.191. The highest BCUT2D eigenvalue weighted by atomic mass is 32.1. The summed E-state index contributed by atoms with van der Waals surface area (Å²) in [4.78, 5) is 12.1. The summed E-state index contributed by atoms with van der Waals surface area (Å²) in [6.45, 7) is 9.74. The van der Waals surface area contributed by atoms with Gasteiger partial charge in [-0.05, 0) is 24.4 Å². The Labute approximate surface area is 108 Å². The van der Waals surface area contributed by atoms with Gasteiger partial charge in [0.15, 0.2) is 0 Å². The number of nitrogens with one attached hydrogen (secondary N) is 1. The predicted molar refractivity (Wildman–Crippen MR) is 73.7 cm³/mol. The molecule has 0 spiro atoms. The molecule has 0 amide bonds. The van der Waals surface area contributed by atoms with E-state index in [1.807, 2.05) is 39.1 Å². The lowest BCUT2D eigenvalue weighted by molar-refractivity contribution is 0.0350. The summed E-state index contributed by atoms with van der Waals surface area (Å²) >= 11 is 1.42. The van der Waals surface area contributed by atoms with E-state index in [0.717, 1.165) is 19.5 Å². The molecule has 1 aromatic rings. The van der Waals surface area contributed by atoms with Crippen LogP contribution in [0.15, 0.2) is 17.5 Å². The van der Waals surface area contributed by atoms with E-state index < -0.39 is 0 Å². The molecule has 17 heavy (non-hydrogen) atoms. The van der Waals surface area contributed by atoms with Gasteiger partial charge in [0.2, 0.25) is 0 Å². The lowest BCUT2D eigenvalue weighted by Gasteiger charge is -2.08. The van der Waals surface area contributed by atoms with Crippen LogP contribution in [0.2, 0.25) is 0 Å². The zero-order valence-corrected chi connectivity index (χ0v) is 12.0. The summed E-state index contributed by atoms with van der Waals surface area (Å²) in [6, 6.07) is 3.64. The number of hydrogen-bond acceptors (Lipinski definition) is 4. The van der Waals surface area contributed by atoms with Crippen molar-refractivity contribution in [2.45, 2.75) is 40.2 Å². The SMILES string of the molecule is CC.CC.O=C(OC1CCNC1)c1cccs1. The van der Waals surface area contributed by atoms with Crippen LogP contribution in [0.3, 0.4) is 0 Å². The number of ether oxygens (including phenoxy) is 1. The number of esters is 1. The van der Waals surface area contributed by atoms with Gasteiger partial charge >= 0.3 is 5.97 Å². The van der Waals surface area contributed by atoms with Crippen LogP contribution >= 0.6 is 11.3 Å². The topological polar surface area (TPSA) is 38.3 Å². The van der Waals surface area contributed by atoms with Crippen LogP contribution in [0.25, 0.3) is 0 Å². The van der Waals surface area contributed by atoms with Crippen molar-refractivity contribution < 1.29 is 9.53 Å². The molecule has 98 valence electrons. The standard InChI is InChI=1S/C9H11NO2S.2C2H6/c11-9(8-2-1-5-13-8)12-7-3-4-10-6-7;2*1-2/h1-2,5,7,10H,3-4,6H2;2*1-2H3. The van der Waals surface area contributed by atoms with Crippen molar-refractivity contribution in [3.8, 4) is 0 Å². The highest BCUT2D eigenvalue weighted by Gasteiger charge is 2.19. The van der Waals surface area contributed by atoms with Crippen LogP contribution in [0.5, 0.6) is 0 Å². The van der Waals surface area contributed by atoms with Gasteiger partial charge in [-0.2, -0.15) is 0 Å². The van der Waals surface area contributed by atoms with Crippen molar-refractivity contribution in [3.05, 3.63) is 22.4 Å². The molecule has 3 nitrogen and oxygen atoms in total. The first-order chi connectivity index (χ1) is 8.36. The molecule has 1 unspecified atom stereocenters. The molecule has 0 radical (unpaired) electrons. The second-order valence-electron chi connectivity index (χ2n) is 3.00. The Bertz CT molecular complexity index is 280. The molecule has 1 N–H and O–H groups in total. The average Bonchev–Trinajstić information content (AvgIpc) is 3.07. The lowest BCUT2D eigenvalue weighted by atomic mass is 10.3. The largest absolute Gasteiger partial charge is 0.457 e. The van der Waals surface area contributed by atoms with Crippen molar-refractivity contribution >= 4 is 17.3 Å². The van der Waals surface area contributed by atoms with Crippen LogP contribution in [0.1, 0.15) is 43.8 Å². The quantitative estimate of drug-likeness (QED) is 0.826. The molecule has 0 aliphatic carbocycles. The number of carbonyl (C=O) groups excluding carboxylic acids is 1. The first-order valence-corrected chi connectivity index (χ1v) is 7.19. The molecular weight excluding hydrogens is 234 g/mol. The van der Waals surface area contributed by atoms with Gasteiger partial charge < -0.3 is 10.1 Å². The van der Waals surface area contributed by atoms with Crippen molar-refractivity contribution in [3.63, 3.8) is 0 Å². The molecule has 0 bridgehead atoms. The Kier molecular flexibility index (Phi) is 9.77. The van der Waals surface area contributed by atoms with Crippen molar-refractivity contribution in [2.75, 3.05) is 13.1 Å². The number of hydrogen-bond donors (Lipinski definition) is 1. The van der Waals surface area contributed by atoms with Gasteiger partial charge in [-0.15, -0.1) is 11.3 Å². The average molecular weight is 257 g/mol. The maximum atomic E-state index is 11.4. The predicted octanol–water partition coefficient (Wildman–Crippen LogP) is 3.32. The van der Waals surface area contributed by atoms with E-state index >= 15 is 0 Å². The molecule has 2 heterocycles. The maximum absolute atomic E-state index is 11.4. The second-order valence-corrected chi connectivity index (χ2v) is 3.95. The fourth-order valence-electron chi connectivity index (χ4n) is 1.33. The van der Waals surface area contributed by atoms with Gasteiger partial charge in [0.1, 0.15) is 11.0 Å². The van der Waals surface area contributed by atoms with E-state index in [4.69, 9.17) is 4.74 Å². The van der Waals surface area contributed by atoms with E-state index in [1.165, 1.54) is 11.3 Å². The van der Waals surface area contributed by atoms with Gasteiger partial charge in [0.25, 0.3) is 0 Å². The van der Waals surface area contributed by atoms with Crippen molar-refractivity contribution in [2.24, 2.45) is 0 Å². The minimum atomic E-state index is -0.191. The Morgan fingerprint density at radius 2 is 2.12 bits per heavy atom. The molecule has 1 aliphatic rings. The molecule has 2 rings (SSSR count). The minimum Gasteiger partial charge on any atom is -0.457 e. The van der Waals surface area contributed by atoms with Crippen molar-refractivity contribution in [1.29, 1.82) is 0 Å². The zero-order valence-electron chi connectivity index (χ0n) is 11.2. The van der Waals surface area contributed by atoms with E-state index in [-0.39, 0.29) is 12.1 Å². The molecule has 1 atom stereocenters. The Balaban J connectivity index is 0.000000581. The Morgan fingerprint density at radius 1 is 1.41 bits per heavy atom. The van der Waals surface area contributed by atoms with E-state index in [1.54, 1.807) is 6.07 Å². The summed E-state index contributed by atoms with van der Waals surface area (Å²) < 4.78 is 5.26. The summed E-state index contributed by atoms with van der Waals surface area (Å²) in [6.07, 6.45) is 0.992. The molecule has 1 saturated heterocycles. The molecule has 1 aliphatic heterocycles. The van der Waals surface area contributed by atoms with Crippen LogP contribution in [-0.2, 0) is 4.74 Å². The highest BCUT2D eigenvalue weighted by Crippen LogP contribution is 2.13. The fraction of sp³-hybridized carbons (Fsp3) is 0.615. The second kappa shape index (κ2) is 10.3. The molecule has 1 fully saturated rings. The Morgan fingerprint density at radius 3 is 2.59 bits per heavy atom. The van der Waals surface area contributed by atoms with Crippen LogP contribution < -0.4 is 5.32 Å². The third-order valence-electron chi connectivity index (χ3n) is 2.01. The first kappa shape index (κ1) is 16.1. The third-order valence-corrected chi connectivity index (χ3v) is 2.86. The molecule has 1 aromatic heterocycles. The van der Waals surface area contributed by atoms with Crippen molar-refractivity contribution in [1.82, 2.24) is 5.32 Å². The molecule has 0 saturated carbocycles. The van der Waals surface area contributed by atoms with E-state index in [0.29, 0.717) is 4.88 Å². The van der Waals surface area contributed by atoms with Gasteiger partial charge in [-0.3, -0.25) is 0 Å². The highest BCUT2D eigenvalue weighted by molar-refractivity contribution is 7.11. The van der Waals surface area contributed by atoms with E-state index in [9.17, 15) is 4.79 Å². The van der Waals surface area contributed by atoms with Gasteiger partial charge in [-0.1, -0.05) is 33.8 Å². The molecular formula is C13H23NO2S. The van der Waals surface area contributed by atoms with E-state index in [2.05, 4.69) is 5.32 Å². The van der Waals surface area contributed by atoms with Crippen LogP contribution in [0.4, 0.5) is 0 Å². The summed E-state index contributed by atoms with van der Waals surface area (Å²) in [5, 5.41) is 5.03. The number of carbonyl (C=O) groups is 1. The zero-order chi connectivity index (χ0) is 13.1. The van der Waals surface area contributed by atoms with Gasteiger partial charge in [-0.25, -0.2) is 4.79 Å². The van der Waals surface area contributed by atoms with Gasteiger partial charge in [0, 0.05) is 6.54 Å². The Hall–Kier alpha value is -0.870. The van der Waals surface area contributed by atoms with Crippen LogP contribution in [-0.4, -0.2) is 25.2 Å². The van der Waals surface area contributed by atoms with Crippen LogP contribution in [0, 0.1) is 0 Å². The number of thiophene rings is 1. The normalized spacial score (nSPS) is 17.3. The molecule has 0 aromatic carbocycles. The lowest BCUT2D eigenvalue weighted by Crippen LogP contribution is -2.20. The first-order valence-electron chi connectivity index (χ1n) is 6.31. The maximum Gasteiger partial charge on any atom is 0.348 e.